The van der Waals surface area contributed by atoms with Gasteiger partial charge in [-0.25, -0.2) is 0 Å². The topological polar surface area (TPSA) is 87.7 Å². The van der Waals surface area contributed by atoms with E-state index in [-0.39, 0.29) is 29.8 Å². The summed E-state index contributed by atoms with van der Waals surface area (Å²) in [5.41, 5.74) is -0.581. The second kappa shape index (κ2) is 9.49. The molecule has 7 nitrogen and oxygen atoms in total. The molecule has 1 aromatic rings. The lowest BCUT2D eigenvalue weighted by atomic mass is 9.73. The maximum absolute atomic E-state index is 13.9. The quantitative estimate of drug-likeness (QED) is 0.559. The molecule has 1 spiro atoms. The van der Waals surface area contributed by atoms with Crippen LogP contribution in [0.25, 0.3) is 0 Å². The van der Waals surface area contributed by atoms with E-state index < -0.39 is 29.6 Å². The van der Waals surface area contributed by atoms with E-state index in [9.17, 15) is 14.4 Å². The summed E-state index contributed by atoms with van der Waals surface area (Å²) in [6, 6.07) is 6.02. The summed E-state index contributed by atoms with van der Waals surface area (Å²) in [6.07, 6.45) is 7.02. The van der Waals surface area contributed by atoms with Gasteiger partial charge in [-0.1, -0.05) is 63.4 Å². The molecule has 194 valence electrons. The third kappa shape index (κ3) is 3.95. The lowest BCUT2D eigenvalue weighted by Crippen LogP contribution is -2.59. The van der Waals surface area contributed by atoms with E-state index in [4.69, 9.17) is 16.3 Å². The van der Waals surface area contributed by atoms with Gasteiger partial charge in [0.2, 0.25) is 17.7 Å². The number of nitrogens with one attached hydrogen (secondary N) is 2. The maximum atomic E-state index is 13.9. The average molecular weight is 514 g/mol. The number of rotatable bonds is 6. The number of ether oxygens (including phenoxy) is 1. The molecule has 8 heteroatoms. The molecule has 1 aromatic carbocycles. The summed E-state index contributed by atoms with van der Waals surface area (Å²) in [6.45, 7) is 8.38. The Bertz CT molecular complexity index is 1090. The Labute approximate surface area is 218 Å². The first-order valence-electron chi connectivity index (χ1n) is 13.2. The van der Waals surface area contributed by atoms with Gasteiger partial charge in [0, 0.05) is 22.8 Å². The number of benzene rings is 1. The Morgan fingerprint density at radius 2 is 2.03 bits per heavy atom. The van der Waals surface area contributed by atoms with Crippen LogP contribution >= 0.6 is 11.6 Å². The fourth-order valence-electron chi connectivity index (χ4n) is 6.72. The number of hydrogen-bond donors (Lipinski definition) is 2. The lowest BCUT2D eigenvalue weighted by molar-refractivity contribution is -0.144. The van der Waals surface area contributed by atoms with Crippen LogP contribution in [0.3, 0.4) is 0 Å². The summed E-state index contributed by atoms with van der Waals surface area (Å²) >= 11 is 6.09. The number of carbonyl (C=O) groups excluding carboxylic acids is 3. The van der Waals surface area contributed by atoms with Crippen molar-refractivity contribution in [3.8, 4) is 0 Å². The van der Waals surface area contributed by atoms with Crippen molar-refractivity contribution >= 4 is 35.0 Å². The predicted octanol–water partition coefficient (Wildman–Crippen LogP) is 4.17. The van der Waals surface area contributed by atoms with E-state index in [0.29, 0.717) is 29.0 Å². The number of halogens is 1. The molecule has 3 fully saturated rings. The van der Waals surface area contributed by atoms with Crippen LogP contribution in [0.2, 0.25) is 5.02 Å². The third-order valence-corrected chi connectivity index (χ3v) is 9.29. The lowest BCUT2D eigenvalue weighted by Gasteiger charge is -2.39. The minimum absolute atomic E-state index is 0.0649. The number of hydrogen-bond acceptors (Lipinski definition) is 4. The molecule has 3 amide bonds. The number of likely N-dealkylation sites (tertiary alicyclic amines) is 1. The van der Waals surface area contributed by atoms with Crippen molar-refractivity contribution in [1.29, 1.82) is 0 Å². The molecule has 0 aromatic heterocycles. The van der Waals surface area contributed by atoms with Crippen molar-refractivity contribution in [3.05, 3.63) is 41.4 Å². The van der Waals surface area contributed by atoms with Crippen molar-refractivity contribution < 1.29 is 19.1 Å². The van der Waals surface area contributed by atoms with Crippen LogP contribution in [0.5, 0.6) is 0 Å². The van der Waals surface area contributed by atoms with Gasteiger partial charge in [-0.15, -0.1) is 0 Å². The normalized spacial score (nSPS) is 37.6. The van der Waals surface area contributed by atoms with Crippen molar-refractivity contribution in [2.45, 2.75) is 83.2 Å². The zero-order valence-corrected chi connectivity index (χ0v) is 22.1. The molecule has 3 aliphatic heterocycles. The van der Waals surface area contributed by atoms with E-state index >= 15 is 0 Å². The minimum Gasteiger partial charge on any atom is -0.359 e. The molecule has 1 saturated carbocycles. The third-order valence-electron chi connectivity index (χ3n) is 9.06. The highest BCUT2D eigenvalue weighted by atomic mass is 35.5. The van der Waals surface area contributed by atoms with Gasteiger partial charge in [-0.05, 0) is 49.8 Å². The first kappa shape index (κ1) is 25.3. The van der Waals surface area contributed by atoms with E-state index in [0.717, 1.165) is 19.3 Å². The Hall–Kier alpha value is -2.38. The Morgan fingerprint density at radius 3 is 2.75 bits per heavy atom. The van der Waals surface area contributed by atoms with E-state index in [1.807, 2.05) is 26.0 Å². The molecular weight excluding hydrogens is 478 g/mol. The fraction of sp³-hybridized carbons (Fsp3) is 0.607. The van der Waals surface area contributed by atoms with Crippen LogP contribution in [0.4, 0.5) is 5.69 Å². The number of anilines is 1. The van der Waals surface area contributed by atoms with Crippen LogP contribution in [-0.4, -0.2) is 52.5 Å². The zero-order valence-electron chi connectivity index (χ0n) is 21.4. The van der Waals surface area contributed by atoms with Gasteiger partial charge in [0.25, 0.3) is 0 Å². The van der Waals surface area contributed by atoms with Gasteiger partial charge in [0.05, 0.1) is 17.9 Å². The molecule has 7 unspecified atom stereocenters. The molecule has 2 bridgehead atoms. The predicted molar refractivity (Wildman–Crippen MR) is 138 cm³/mol. The van der Waals surface area contributed by atoms with Crippen LogP contribution < -0.4 is 10.6 Å². The summed E-state index contributed by atoms with van der Waals surface area (Å²) in [5.74, 6) is -1.25. The number of amides is 3. The molecule has 2 N–H and O–H groups in total. The smallest absolute Gasteiger partial charge is 0.246 e. The van der Waals surface area contributed by atoms with Gasteiger partial charge in [-0.3, -0.25) is 14.4 Å². The summed E-state index contributed by atoms with van der Waals surface area (Å²) in [4.78, 5) is 43.0. The molecule has 3 heterocycles. The van der Waals surface area contributed by atoms with E-state index in [1.54, 1.807) is 29.2 Å². The van der Waals surface area contributed by atoms with Gasteiger partial charge in [0.1, 0.15) is 11.6 Å². The second-order valence-electron chi connectivity index (χ2n) is 11.1. The molecule has 36 heavy (non-hydrogen) atoms. The molecule has 0 radical (unpaired) electrons. The van der Waals surface area contributed by atoms with Crippen LogP contribution in [0.1, 0.15) is 53.4 Å². The largest absolute Gasteiger partial charge is 0.359 e. The minimum atomic E-state index is -1.14. The summed E-state index contributed by atoms with van der Waals surface area (Å²) in [7, 11) is 0. The molecular formula is C28H36ClN3O4. The maximum Gasteiger partial charge on any atom is 0.246 e. The highest BCUT2D eigenvalue weighted by molar-refractivity contribution is 6.30. The van der Waals surface area contributed by atoms with Crippen molar-refractivity contribution in [3.63, 3.8) is 0 Å². The number of fused-ring (bicyclic) bond motifs is 1. The highest BCUT2D eigenvalue weighted by Gasteiger charge is 2.73. The summed E-state index contributed by atoms with van der Waals surface area (Å²) in [5, 5.41) is 6.71. The molecule has 5 rings (SSSR count). The monoisotopic (exact) mass is 513 g/mol. The van der Waals surface area contributed by atoms with Crippen molar-refractivity contribution in [1.82, 2.24) is 10.2 Å². The number of nitrogens with zero attached hydrogens (tertiary/aromatic N) is 1. The SMILES string of the molecule is CCC(C)N1C(=O)[C@H]2C(C(=O)Nc3cccc(Cl)c3)[C@H]3C=CC2(O3)C1C(=O)NC1CCCC(C)C1C. The molecule has 1 aliphatic carbocycles. The van der Waals surface area contributed by atoms with Gasteiger partial charge in [0.15, 0.2) is 0 Å². The summed E-state index contributed by atoms with van der Waals surface area (Å²) < 4.78 is 6.42. The highest BCUT2D eigenvalue weighted by Crippen LogP contribution is 2.56. The van der Waals surface area contributed by atoms with Crippen LogP contribution in [0.15, 0.2) is 36.4 Å². The molecule has 9 atom stereocenters. The molecule has 2 saturated heterocycles. The first-order chi connectivity index (χ1) is 17.2. The van der Waals surface area contributed by atoms with Crippen molar-refractivity contribution in [2.24, 2.45) is 23.7 Å². The van der Waals surface area contributed by atoms with Gasteiger partial charge in [-0.2, -0.15) is 0 Å². The first-order valence-corrected chi connectivity index (χ1v) is 13.6. The Balaban J connectivity index is 1.45. The zero-order chi connectivity index (χ0) is 25.8. The van der Waals surface area contributed by atoms with E-state index in [2.05, 4.69) is 24.5 Å². The number of carbonyl (C=O) groups is 3. The molecule has 4 aliphatic rings. The van der Waals surface area contributed by atoms with Crippen LogP contribution in [0, 0.1) is 23.7 Å². The Kier molecular flexibility index (Phi) is 6.66. The fourth-order valence-corrected chi connectivity index (χ4v) is 6.91. The second-order valence-corrected chi connectivity index (χ2v) is 11.5. The van der Waals surface area contributed by atoms with Gasteiger partial charge >= 0.3 is 0 Å². The van der Waals surface area contributed by atoms with E-state index in [1.165, 1.54) is 0 Å². The Morgan fingerprint density at radius 1 is 1.25 bits per heavy atom. The van der Waals surface area contributed by atoms with Crippen molar-refractivity contribution in [2.75, 3.05) is 5.32 Å². The average Bonchev–Trinajstić information content (AvgIpc) is 3.49. The standard InChI is InChI=1S/C28H36ClN3O4/c1-5-16(3)32-24(26(34)31-20-11-6-8-15(2)17(20)4)28-13-12-21(36-28)22(23(28)27(32)35)25(33)30-19-10-7-9-18(29)14-19/h7,9-10,12-17,20-24H,5-6,8,11H2,1-4H3,(H,30,33)(H,31,34)/t15?,16?,17?,20?,21-,22?,23-,24?,28?/m1/s1. The van der Waals surface area contributed by atoms with Crippen LogP contribution in [-0.2, 0) is 19.1 Å². The van der Waals surface area contributed by atoms with Gasteiger partial charge < -0.3 is 20.3 Å².